The van der Waals surface area contributed by atoms with Crippen LogP contribution in [0, 0.1) is 11.8 Å². The average molecular weight is 400 g/mol. The van der Waals surface area contributed by atoms with Gasteiger partial charge in [0.1, 0.15) is 5.54 Å². The van der Waals surface area contributed by atoms with E-state index in [0.717, 1.165) is 37.9 Å². The molecule has 29 heavy (non-hydrogen) atoms. The third-order valence-corrected chi connectivity index (χ3v) is 5.93. The van der Waals surface area contributed by atoms with Gasteiger partial charge in [-0.2, -0.15) is 0 Å². The Morgan fingerprint density at radius 3 is 2.24 bits per heavy atom. The summed E-state index contributed by atoms with van der Waals surface area (Å²) in [4.78, 5) is 40.6. The fourth-order valence-corrected chi connectivity index (χ4v) is 4.19. The number of carbonyl (C=O) groups excluding carboxylic acids is 3. The molecule has 1 aromatic rings. The van der Waals surface area contributed by atoms with Gasteiger partial charge in [0.2, 0.25) is 0 Å². The van der Waals surface area contributed by atoms with Gasteiger partial charge in [-0.3, -0.25) is 14.5 Å². The van der Waals surface area contributed by atoms with Crippen molar-refractivity contribution in [2.45, 2.75) is 52.5 Å². The van der Waals surface area contributed by atoms with Crippen LogP contribution in [0.25, 0.3) is 0 Å². The highest BCUT2D eigenvalue weighted by atomic mass is 16.2. The fourth-order valence-electron chi connectivity index (χ4n) is 4.19. The summed E-state index contributed by atoms with van der Waals surface area (Å²) in [5, 5.41) is 2.71. The van der Waals surface area contributed by atoms with Gasteiger partial charge in [-0.15, -0.1) is 0 Å². The maximum atomic E-state index is 12.8. The number of piperidine rings is 1. The molecule has 6 heteroatoms. The molecule has 3 rings (SSSR count). The molecule has 1 aromatic carbocycles. The minimum absolute atomic E-state index is 0.0536. The molecule has 0 unspecified atom stereocenters. The SMILES string of the molecule is CC(C)Cc1ccc(C(=O)C2CCN(CCN3C(=O)NC(C)(C)C3=O)CC2)cc1. The highest BCUT2D eigenvalue weighted by Crippen LogP contribution is 2.23. The number of likely N-dealkylation sites (tertiary alicyclic amines) is 1. The second kappa shape index (κ2) is 8.66. The van der Waals surface area contributed by atoms with E-state index < -0.39 is 5.54 Å². The summed E-state index contributed by atoms with van der Waals surface area (Å²) in [6.07, 6.45) is 2.66. The topological polar surface area (TPSA) is 69.7 Å². The Hall–Kier alpha value is -2.21. The summed E-state index contributed by atoms with van der Waals surface area (Å²) < 4.78 is 0. The van der Waals surface area contributed by atoms with Crippen molar-refractivity contribution < 1.29 is 14.4 Å². The van der Waals surface area contributed by atoms with Crippen LogP contribution < -0.4 is 5.32 Å². The van der Waals surface area contributed by atoms with Crippen molar-refractivity contribution in [2.75, 3.05) is 26.2 Å². The maximum Gasteiger partial charge on any atom is 0.325 e. The van der Waals surface area contributed by atoms with Crippen LogP contribution in [0.15, 0.2) is 24.3 Å². The number of urea groups is 1. The molecule has 3 amide bonds. The van der Waals surface area contributed by atoms with E-state index in [4.69, 9.17) is 0 Å². The quantitative estimate of drug-likeness (QED) is 0.565. The molecule has 2 heterocycles. The number of hydrogen-bond acceptors (Lipinski definition) is 4. The van der Waals surface area contributed by atoms with Crippen LogP contribution in [0.2, 0.25) is 0 Å². The second-order valence-electron chi connectivity index (χ2n) is 9.29. The zero-order valence-electron chi connectivity index (χ0n) is 18.0. The number of carbonyl (C=O) groups is 3. The maximum absolute atomic E-state index is 12.8. The molecular weight excluding hydrogens is 366 g/mol. The van der Waals surface area contributed by atoms with E-state index in [1.54, 1.807) is 13.8 Å². The Morgan fingerprint density at radius 2 is 1.72 bits per heavy atom. The number of hydrogen-bond donors (Lipinski definition) is 1. The van der Waals surface area contributed by atoms with Crippen LogP contribution in [0.5, 0.6) is 0 Å². The molecule has 0 bridgehead atoms. The van der Waals surface area contributed by atoms with Crippen LogP contribution in [-0.2, 0) is 11.2 Å². The average Bonchev–Trinajstić information content (AvgIpc) is 2.87. The number of nitrogens with one attached hydrogen (secondary N) is 1. The number of Topliss-reactive ketones (excluding diaryl/α,β-unsaturated/α-hetero) is 1. The molecule has 2 aliphatic heterocycles. The van der Waals surface area contributed by atoms with Gasteiger partial charge >= 0.3 is 6.03 Å². The molecule has 0 saturated carbocycles. The summed E-state index contributed by atoms with van der Waals surface area (Å²) in [6, 6.07) is 7.76. The smallest absolute Gasteiger partial charge is 0.324 e. The minimum atomic E-state index is -0.818. The fraction of sp³-hybridized carbons (Fsp3) is 0.609. The van der Waals surface area contributed by atoms with Crippen molar-refractivity contribution in [3.05, 3.63) is 35.4 Å². The van der Waals surface area contributed by atoms with Crippen molar-refractivity contribution >= 4 is 17.7 Å². The molecular formula is C23H33N3O3. The van der Waals surface area contributed by atoms with Gasteiger partial charge in [-0.25, -0.2) is 4.79 Å². The Bertz CT molecular complexity index is 762. The van der Waals surface area contributed by atoms with Gasteiger partial charge < -0.3 is 10.2 Å². The first-order valence-corrected chi connectivity index (χ1v) is 10.7. The van der Waals surface area contributed by atoms with Crippen LogP contribution in [0.1, 0.15) is 56.5 Å². The largest absolute Gasteiger partial charge is 0.325 e. The van der Waals surface area contributed by atoms with Crippen molar-refractivity contribution in [3.63, 3.8) is 0 Å². The van der Waals surface area contributed by atoms with Crippen molar-refractivity contribution in [2.24, 2.45) is 11.8 Å². The predicted octanol–water partition coefficient (Wildman–Crippen LogP) is 3.11. The van der Waals surface area contributed by atoms with E-state index in [-0.39, 0.29) is 23.6 Å². The number of ketones is 1. The van der Waals surface area contributed by atoms with E-state index in [9.17, 15) is 14.4 Å². The van der Waals surface area contributed by atoms with Gasteiger partial charge in [0.25, 0.3) is 5.91 Å². The molecule has 2 aliphatic rings. The number of imide groups is 1. The number of amides is 3. The first-order chi connectivity index (χ1) is 13.7. The first kappa shape index (κ1) is 21.5. The van der Waals surface area contributed by atoms with Crippen LogP contribution in [0.3, 0.4) is 0 Å². The monoisotopic (exact) mass is 399 g/mol. The lowest BCUT2D eigenvalue weighted by molar-refractivity contribution is -0.130. The lowest BCUT2D eigenvalue weighted by Gasteiger charge is -2.32. The molecule has 2 saturated heterocycles. The number of benzene rings is 1. The van der Waals surface area contributed by atoms with Crippen molar-refractivity contribution in [1.29, 1.82) is 0 Å². The van der Waals surface area contributed by atoms with Gasteiger partial charge in [0.05, 0.1) is 0 Å². The van der Waals surface area contributed by atoms with Gasteiger partial charge in [0.15, 0.2) is 5.78 Å². The normalized spacial score (nSPS) is 20.4. The van der Waals surface area contributed by atoms with Crippen LogP contribution in [-0.4, -0.2) is 59.2 Å². The number of nitrogens with zero attached hydrogens (tertiary/aromatic N) is 2. The second-order valence-corrected chi connectivity index (χ2v) is 9.29. The third-order valence-electron chi connectivity index (χ3n) is 5.93. The summed E-state index contributed by atoms with van der Waals surface area (Å²) in [5.41, 5.74) is 1.26. The van der Waals surface area contributed by atoms with Crippen LogP contribution in [0.4, 0.5) is 4.79 Å². The van der Waals surface area contributed by atoms with E-state index in [2.05, 4.69) is 36.2 Å². The zero-order chi connectivity index (χ0) is 21.2. The Labute approximate surface area is 173 Å². The first-order valence-electron chi connectivity index (χ1n) is 10.7. The Kier molecular flexibility index (Phi) is 6.42. The highest BCUT2D eigenvalue weighted by Gasteiger charge is 2.44. The lowest BCUT2D eigenvalue weighted by atomic mass is 9.88. The summed E-state index contributed by atoms with van der Waals surface area (Å²) >= 11 is 0. The predicted molar refractivity (Wildman–Crippen MR) is 113 cm³/mol. The minimum Gasteiger partial charge on any atom is -0.324 e. The van der Waals surface area contributed by atoms with Gasteiger partial charge in [0, 0.05) is 24.6 Å². The molecule has 0 atom stereocenters. The third kappa shape index (κ3) is 5.04. The van der Waals surface area contributed by atoms with Crippen molar-refractivity contribution in [1.82, 2.24) is 15.1 Å². The zero-order valence-corrected chi connectivity index (χ0v) is 18.0. The Morgan fingerprint density at radius 1 is 1.10 bits per heavy atom. The summed E-state index contributed by atoms with van der Waals surface area (Å²) in [7, 11) is 0. The van der Waals surface area contributed by atoms with E-state index >= 15 is 0 Å². The van der Waals surface area contributed by atoms with E-state index in [0.29, 0.717) is 19.0 Å². The molecule has 0 aliphatic carbocycles. The summed E-state index contributed by atoms with van der Waals surface area (Å²) in [6.45, 7) is 10.5. The van der Waals surface area contributed by atoms with Crippen molar-refractivity contribution in [3.8, 4) is 0 Å². The number of rotatable bonds is 7. The standard InChI is InChI=1S/C23H33N3O3/c1-16(2)15-17-5-7-18(8-6-17)20(27)19-9-11-25(12-10-19)13-14-26-21(28)23(3,4)24-22(26)29/h5-8,16,19H,9-15H2,1-4H3,(H,24,29). The Balaban J connectivity index is 1.47. The molecule has 1 N–H and O–H groups in total. The van der Waals surface area contributed by atoms with E-state index in [1.165, 1.54) is 10.5 Å². The highest BCUT2D eigenvalue weighted by molar-refractivity contribution is 6.06. The van der Waals surface area contributed by atoms with Crippen LogP contribution >= 0.6 is 0 Å². The molecule has 0 radical (unpaired) electrons. The molecule has 158 valence electrons. The van der Waals surface area contributed by atoms with E-state index in [1.807, 2.05) is 12.1 Å². The van der Waals surface area contributed by atoms with Gasteiger partial charge in [-0.05, 0) is 57.7 Å². The molecule has 0 spiro atoms. The lowest BCUT2D eigenvalue weighted by Crippen LogP contribution is -2.44. The van der Waals surface area contributed by atoms with Gasteiger partial charge in [-0.1, -0.05) is 38.1 Å². The molecule has 0 aromatic heterocycles. The molecule has 6 nitrogen and oxygen atoms in total. The molecule has 2 fully saturated rings. The summed E-state index contributed by atoms with van der Waals surface area (Å²) in [5.74, 6) is 0.719.